The van der Waals surface area contributed by atoms with Crippen molar-refractivity contribution in [2.24, 2.45) is 0 Å². The Labute approximate surface area is 126 Å². The molecule has 1 heterocycles. The first kappa shape index (κ1) is 15.8. The highest BCUT2D eigenvalue weighted by atomic mass is 19.1. The van der Waals surface area contributed by atoms with Gasteiger partial charge in [-0.2, -0.15) is 0 Å². The number of hydrogen-bond donors (Lipinski definition) is 2. The fraction of sp³-hybridized carbons (Fsp3) is 0.200. The summed E-state index contributed by atoms with van der Waals surface area (Å²) in [7, 11) is 1.53. The summed E-state index contributed by atoms with van der Waals surface area (Å²) in [6.07, 6.45) is 2.74. The van der Waals surface area contributed by atoms with Crippen LogP contribution >= 0.6 is 0 Å². The zero-order valence-corrected chi connectivity index (χ0v) is 11.9. The maximum atomic E-state index is 13.6. The average molecular weight is 307 g/mol. The molecule has 0 saturated carbocycles. The van der Waals surface area contributed by atoms with Gasteiger partial charge in [-0.05, 0) is 18.2 Å². The zero-order valence-electron chi connectivity index (χ0n) is 11.9. The summed E-state index contributed by atoms with van der Waals surface area (Å²) in [6.45, 7) is 0.743. The van der Waals surface area contributed by atoms with Crippen molar-refractivity contribution in [1.29, 1.82) is 0 Å². The molecule has 2 rings (SSSR count). The lowest BCUT2D eigenvalue weighted by atomic mass is 10.2. The molecule has 22 heavy (non-hydrogen) atoms. The van der Waals surface area contributed by atoms with Crippen LogP contribution in [-0.2, 0) is 4.74 Å². The number of para-hydroxylation sites is 1. The fourth-order valence-electron chi connectivity index (χ4n) is 1.76. The number of rotatable bonds is 6. The van der Waals surface area contributed by atoms with Gasteiger partial charge < -0.3 is 15.4 Å². The molecular weight excluding hydrogens is 292 g/mol. The minimum Gasteiger partial charge on any atom is -0.383 e. The van der Waals surface area contributed by atoms with Crippen LogP contribution in [0.3, 0.4) is 0 Å². The molecule has 0 saturated heterocycles. The lowest BCUT2D eigenvalue weighted by Gasteiger charge is -2.10. The van der Waals surface area contributed by atoms with Gasteiger partial charge in [0.15, 0.2) is 0 Å². The molecule has 2 aromatic rings. The van der Waals surface area contributed by atoms with E-state index >= 15 is 0 Å². The number of anilines is 2. The molecule has 1 aromatic carbocycles. The Morgan fingerprint density at radius 3 is 2.68 bits per heavy atom. The monoisotopic (exact) mass is 307 g/mol. The van der Waals surface area contributed by atoms with Crippen molar-refractivity contribution >= 4 is 17.3 Å². The number of pyridine rings is 1. The predicted molar refractivity (Wildman–Crippen MR) is 78.1 cm³/mol. The molecule has 0 bridgehead atoms. The van der Waals surface area contributed by atoms with Crippen LogP contribution in [0.25, 0.3) is 0 Å². The average Bonchev–Trinajstić information content (AvgIpc) is 2.51. The number of methoxy groups -OCH3 is 1. The summed E-state index contributed by atoms with van der Waals surface area (Å²) >= 11 is 0. The van der Waals surface area contributed by atoms with E-state index in [0.29, 0.717) is 18.8 Å². The third kappa shape index (κ3) is 3.98. The maximum absolute atomic E-state index is 13.6. The van der Waals surface area contributed by atoms with Crippen LogP contribution in [0.4, 0.5) is 20.2 Å². The van der Waals surface area contributed by atoms with Crippen molar-refractivity contribution < 1.29 is 18.3 Å². The molecule has 1 amide bonds. The van der Waals surface area contributed by atoms with Gasteiger partial charge in [-0.3, -0.25) is 9.78 Å². The van der Waals surface area contributed by atoms with E-state index in [1.165, 1.54) is 31.6 Å². The van der Waals surface area contributed by atoms with E-state index in [4.69, 9.17) is 4.74 Å². The highest BCUT2D eigenvalue weighted by Gasteiger charge is 2.11. The minimum absolute atomic E-state index is 0.276. The molecule has 0 fully saturated rings. The van der Waals surface area contributed by atoms with E-state index in [2.05, 4.69) is 15.6 Å². The number of nitrogens with one attached hydrogen (secondary N) is 2. The topological polar surface area (TPSA) is 63.2 Å². The van der Waals surface area contributed by atoms with Gasteiger partial charge in [0.25, 0.3) is 5.91 Å². The molecule has 7 heteroatoms. The van der Waals surface area contributed by atoms with Crippen LogP contribution in [0, 0.1) is 11.6 Å². The third-order valence-corrected chi connectivity index (χ3v) is 2.82. The Morgan fingerprint density at radius 1 is 1.27 bits per heavy atom. The van der Waals surface area contributed by atoms with Crippen LogP contribution in [0.15, 0.2) is 36.7 Å². The number of halogens is 2. The number of hydrogen-bond acceptors (Lipinski definition) is 4. The first-order valence-electron chi connectivity index (χ1n) is 6.55. The number of carbonyl (C=O) groups excluding carboxylic acids is 1. The minimum atomic E-state index is -0.727. The number of amides is 1. The highest BCUT2D eigenvalue weighted by Crippen LogP contribution is 2.23. The number of nitrogens with zero attached hydrogens (tertiary/aromatic N) is 1. The summed E-state index contributed by atoms with van der Waals surface area (Å²) in [5.41, 5.74) is 0.294. The van der Waals surface area contributed by atoms with E-state index in [1.54, 1.807) is 0 Å². The zero-order chi connectivity index (χ0) is 15.9. The highest BCUT2D eigenvalue weighted by molar-refractivity contribution is 5.94. The van der Waals surface area contributed by atoms with Gasteiger partial charge in [0.1, 0.15) is 17.3 Å². The van der Waals surface area contributed by atoms with Gasteiger partial charge in [0.2, 0.25) is 0 Å². The molecule has 116 valence electrons. The van der Waals surface area contributed by atoms with Gasteiger partial charge in [-0.1, -0.05) is 6.07 Å². The van der Waals surface area contributed by atoms with E-state index in [9.17, 15) is 13.6 Å². The Hall–Kier alpha value is -2.54. The van der Waals surface area contributed by atoms with Gasteiger partial charge in [0, 0.05) is 19.9 Å². The molecular formula is C15H15F2N3O2. The largest absolute Gasteiger partial charge is 0.383 e. The Balaban J connectivity index is 2.13. The quantitative estimate of drug-likeness (QED) is 0.805. The van der Waals surface area contributed by atoms with E-state index < -0.39 is 11.6 Å². The van der Waals surface area contributed by atoms with Gasteiger partial charge in [0.05, 0.1) is 24.1 Å². The fourth-order valence-corrected chi connectivity index (χ4v) is 1.76. The summed E-state index contributed by atoms with van der Waals surface area (Å²) in [6, 6.07) is 5.01. The first-order chi connectivity index (χ1) is 10.6. The number of ether oxygens (including phenoxy) is 1. The second-order valence-corrected chi connectivity index (χ2v) is 4.43. The summed E-state index contributed by atoms with van der Waals surface area (Å²) in [5, 5.41) is 5.22. The summed E-state index contributed by atoms with van der Waals surface area (Å²) in [4.78, 5) is 15.8. The van der Waals surface area contributed by atoms with Crippen molar-refractivity contribution in [3.05, 3.63) is 53.9 Å². The Morgan fingerprint density at radius 2 is 2.00 bits per heavy atom. The van der Waals surface area contributed by atoms with Crippen molar-refractivity contribution in [1.82, 2.24) is 10.3 Å². The lowest BCUT2D eigenvalue weighted by Crippen LogP contribution is -2.27. The molecule has 1 aromatic heterocycles. The van der Waals surface area contributed by atoms with Gasteiger partial charge in [-0.25, -0.2) is 8.78 Å². The van der Waals surface area contributed by atoms with Crippen LogP contribution in [0.5, 0.6) is 0 Å². The summed E-state index contributed by atoms with van der Waals surface area (Å²) < 4.78 is 32.0. The molecule has 0 aliphatic carbocycles. The molecule has 0 atom stereocenters. The maximum Gasteiger partial charge on any atom is 0.253 e. The van der Waals surface area contributed by atoms with Crippen molar-refractivity contribution in [3.63, 3.8) is 0 Å². The second kappa shape index (κ2) is 7.46. The Kier molecular flexibility index (Phi) is 5.37. The number of aromatic nitrogens is 1. The first-order valence-corrected chi connectivity index (χ1v) is 6.55. The molecule has 0 aliphatic rings. The standard InChI is InChI=1S/C15H15F2N3O2/c1-22-6-5-19-15(21)10-7-11(9-18-8-10)20-14-12(16)3-2-4-13(14)17/h2-4,7-9,20H,5-6H2,1H3,(H,19,21). The number of benzene rings is 1. The molecule has 0 spiro atoms. The van der Waals surface area contributed by atoms with Crippen LogP contribution < -0.4 is 10.6 Å². The van der Waals surface area contributed by atoms with E-state index in [-0.39, 0.29) is 17.2 Å². The molecule has 2 N–H and O–H groups in total. The lowest BCUT2D eigenvalue weighted by molar-refractivity contribution is 0.0937. The van der Waals surface area contributed by atoms with Gasteiger partial charge in [-0.15, -0.1) is 0 Å². The van der Waals surface area contributed by atoms with E-state index in [0.717, 1.165) is 12.1 Å². The molecule has 0 radical (unpaired) electrons. The summed E-state index contributed by atoms with van der Waals surface area (Å²) in [5.74, 6) is -1.80. The Bertz CT molecular complexity index is 645. The van der Waals surface area contributed by atoms with Crippen molar-refractivity contribution in [2.75, 3.05) is 25.6 Å². The molecule has 5 nitrogen and oxygen atoms in total. The third-order valence-electron chi connectivity index (χ3n) is 2.82. The van der Waals surface area contributed by atoms with Crippen molar-refractivity contribution in [3.8, 4) is 0 Å². The normalized spacial score (nSPS) is 10.3. The smallest absolute Gasteiger partial charge is 0.253 e. The van der Waals surface area contributed by atoms with Crippen LogP contribution in [0.2, 0.25) is 0 Å². The molecule has 0 unspecified atom stereocenters. The predicted octanol–water partition coefficient (Wildman–Crippen LogP) is 2.48. The van der Waals surface area contributed by atoms with Crippen LogP contribution in [0.1, 0.15) is 10.4 Å². The SMILES string of the molecule is COCCNC(=O)c1cncc(Nc2c(F)cccc2F)c1. The second-order valence-electron chi connectivity index (χ2n) is 4.43. The van der Waals surface area contributed by atoms with Crippen LogP contribution in [-0.4, -0.2) is 31.2 Å². The van der Waals surface area contributed by atoms with E-state index in [1.807, 2.05) is 0 Å². The number of carbonyl (C=O) groups is 1. The molecule has 0 aliphatic heterocycles. The van der Waals surface area contributed by atoms with Crippen molar-refractivity contribution in [2.45, 2.75) is 0 Å². The van der Waals surface area contributed by atoms with Gasteiger partial charge >= 0.3 is 0 Å².